The van der Waals surface area contributed by atoms with Gasteiger partial charge in [0.25, 0.3) is 11.5 Å². The van der Waals surface area contributed by atoms with Gasteiger partial charge in [-0.25, -0.2) is 4.98 Å². The molecule has 0 radical (unpaired) electrons. The molecule has 0 unspecified atom stereocenters. The van der Waals surface area contributed by atoms with Gasteiger partial charge in [0.2, 0.25) is 0 Å². The Bertz CT molecular complexity index is 866. The Hall–Kier alpha value is -3.01. The van der Waals surface area contributed by atoms with Gasteiger partial charge in [-0.1, -0.05) is 11.8 Å². The second kappa shape index (κ2) is 8.39. The number of hydrogen-bond acceptors (Lipinski definition) is 7. The van der Waals surface area contributed by atoms with Gasteiger partial charge < -0.3 is 20.9 Å². The number of nitrogens with two attached hydrogens (primary N) is 1. The lowest BCUT2D eigenvalue weighted by atomic mass is 10.2. The normalized spacial score (nSPS) is 11.6. The number of nitrogen functional groups attached to an aromatic ring is 1. The second-order valence-electron chi connectivity index (χ2n) is 5.14. The van der Waals surface area contributed by atoms with Crippen LogP contribution in [0.4, 0.5) is 11.5 Å². The highest BCUT2D eigenvalue weighted by Crippen LogP contribution is 2.21. The number of carbonyl (C=O) groups excluding carboxylic acids is 1. The minimum Gasteiger partial charge on any atom is -0.494 e. The summed E-state index contributed by atoms with van der Waals surface area (Å²) >= 11 is 0.837. The summed E-state index contributed by atoms with van der Waals surface area (Å²) in [6, 6.07) is 6.38. The average molecular weight is 378 g/mol. The SMILES string of the molecule is CCOc1ccc(C(=O)Nc2c(N)nc(S[C@@H](C)C(=O)O)[nH]c2=O)cc1. The van der Waals surface area contributed by atoms with E-state index in [9.17, 15) is 14.4 Å². The van der Waals surface area contributed by atoms with Crippen molar-refractivity contribution >= 4 is 35.1 Å². The van der Waals surface area contributed by atoms with E-state index in [-0.39, 0.29) is 16.7 Å². The van der Waals surface area contributed by atoms with Crippen LogP contribution in [-0.2, 0) is 4.79 Å². The predicted octanol–water partition coefficient (Wildman–Crippen LogP) is 1.57. The smallest absolute Gasteiger partial charge is 0.316 e. The predicted molar refractivity (Wildman–Crippen MR) is 97.8 cm³/mol. The first-order valence-electron chi connectivity index (χ1n) is 7.65. The molecular formula is C16H18N4O5S. The molecule has 1 heterocycles. The van der Waals surface area contributed by atoms with Gasteiger partial charge in [-0.3, -0.25) is 19.4 Å². The van der Waals surface area contributed by atoms with Crippen molar-refractivity contribution in [1.82, 2.24) is 9.97 Å². The number of rotatable bonds is 7. The highest BCUT2D eigenvalue weighted by molar-refractivity contribution is 8.00. The largest absolute Gasteiger partial charge is 0.494 e. The van der Waals surface area contributed by atoms with Gasteiger partial charge in [0.05, 0.1) is 6.61 Å². The molecule has 0 fully saturated rings. The zero-order chi connectivity index (χ0) is 19.3. The zero-order valence-electron chi connectivity index (χ0n) is 14.1. The van der Waals surface area contributed by atoms with Crippen LogP contribution in [0.1, 0.15) is 24.2 Å². The van der Waals surface area contributed by atoms with Gasteiger partial charge in [-0.05, 0) is 38.1 Å². The average Bonchev–Trinajstić information content (AvgIpc) is 2.58. The molecule has 0 spiro atoms. The number of benzene rings is 1. The Labute approximate surface area is 153 Å². The number of aliphatic carboxylic acids is 1. The minimum absolute atomic E-state index is 0.0569. The van der Waals surface area contributed by atoms with E-state index in [1.807, 2.05) is 6.92 Å². The molecule has 5 N–H and O–H groups in total. The molecule has 0 aliphatic heterocycles. The quantitative estimate of drug-likeness (QED) is 0.419. The van der Waals surface area contributed by atoms with Crippen molar-refractivity contribution in [2.75, 3.05) is 17.7 Å². The molecule has 1 atom stereocenters. The molecule has 0 saturated carbocycles. The summed E-state index contributed by atoms with van der Waals surface area (Å²) in [5.41, 5.74) is 5.18. The highest BCUT2D eigenvalue weighted by atomic mass is 32.2. The van der Waals surface area contributed by atoms with E-state index in [0.717, 1.165) is 11.8 Å². The van der Waals surface area contributed by atoms with Crippen molar-refractivity contribution in [3.8, 4) is 5.75 Å². The molecule has 138 valence electrons. The van der Waals surface area contributed by atoms with Gasteiger partial charge in [0.1, 0.15) is 16.7 Å². The lowest BCUT2D eigenvalue weighted by Gasteiger charge is -2.10. The van der Waals surface area contributed by atoms with E-state index < -0.39 is 22.7 Å². The summed E-state index contributed by atoms with van der Waals surface area (Å²) < 4.78 is 5.30. The number of carbonyl (C=O) groups is 2. The molecule has 2 aromatic rings. The summed E-state index contributed by atoms with van der Waals surface area (Å²) in [7, 11) is 0. The molecule has 1 aromatic heterocycles. The van der Waals surface area contributed by atoms with Crippen LogP contribution in [0.5, 0.6) is 5.75 Å². The van der Waals surface area contributed by atoms with Crippen LogP contribution in [0.3, 0.4) is 0 Å². The van der Waals surface area contributed by atoms with Crippen molar-refractivity contribution in [2.24, 2.45) is 0 Å². The van der Waals surface area contributed by atoms with E-state index in [1.54, 1.807) is 24.3 Å². The number of thioether (sulfide) groups is 1. The van der Waals surface area contributed by atoms with Gasteiger partial charge in [-0.15, -0.1) is 0 Å². The molecule has 0 aliphatic carbocycles. The maximum absolute atomic E-state index is 12.3. The fourth-order valence-corrected chi connectivity index (χ4v) is 2.66. The monoisotopic (exact) mass is 378 g/mol. The first-order valence-corrected chi connectivity index (χ1v) is 8.53. The first kappa shape index (κ1) is 19.3. The van der Waals surface area contributed by atoms with Crippen molar-refractivity contribution in [3.63, 3.8) is 0 Å². The lowest BCUT2D eigenvalue weighted by molar-refractivity contribution is -0.136. The Morgan fingerprint density at radius 3 is 2.58 bits per heavy atom. The number of nitrogens with zero attached hydrogens (tertiary/aromatic N) is 1. The molecule has 9 nitrogen and oxygen atoms in total. The third-order valence-corrected chi connectivity index (χ3v) is 4.20. The molecule has 0 bridgehead atoms. The summed E-state index contributed by atoms with van der Waals surface area (Å²) in [5.74, 6) is -1.17. The number of H-pyrrole nitrogens is 1. The van der Waals surface area contributed by atoms with E-state index in [2.05, 4.69) is 15.3 Å². The van der Waals surface area contributed by atoms with Crippen LogP contribution < -0.4 is 21.3 Å². The van der Waals surface area contributed by atoms with E-state index in [4.69, 9.17) is 15.6 Å². The number of hydrogen-bond donors (Lipinski definition) is 4. The topological polar surface area (TPSA) is 147 Å². The van der Waals surface area contributed by atoms with Gasteiger partial charge in [0, 0.05) is 5.56 Å². The lowest BCUT2D eigenvalue weighted by Crippen LogP contribution is -2.23. The number of aromatic nitrogens is 2. The summed E-state index contributed by atoms with van der Waals surface area (Å²) in [5, 5.41) is 10.5. The number of ether oxygens (including phenoxy) is 1. The number of nitrogens with one attached hydrogen (secondary N) is 2. The van der Waals surface area contributed by atoms with Crippen molar-refractivity contribution in [3.05, 3.63) is 40.2 Å². The van der Waals surface area contributed by atoms with E-state index >= 15 is 0 Å². The summed E-state index contributed by atoms with van der Waals surface area (Å²) in [4.78, 5) is 41.6. The van der Waals surface area contributed by atoms with Gasteiger partial charge in [0.15, 0.2) is 11.0 Å². The molecule has 10 heteroatoms. The summed E-state index contributed by atoms with van der Waals surface area (Å²) in [6.45, 7) is 3.81. The standard InChI is InChI=1S/C16H18N4O5S/c1-3-25-10-6-4-9(5-7-10)13(21)18-11-12(17)19-16(20-14(11)22)26-8(2)15(23)24/h4-8H,3H2,1-2H3,(H,18,21)(H,23,24)(H3,17,19,20,22)/t8-/m0/s1. The maximum atomic E-state index is 12.3. The minimum atomic E-state index is -1.05. The fourth-order valence-electron chi connectivity index (χ4n) is 1.92. The fraction of sp³-hybridized carbons (Fsp3) is 0.250. The third-order valence-electron chi connectivity index (χ3n) is 3.23. The highest BCUT2D eigenvalue weighted by Gasteiger charge is 2.18. The van der Waals surface area contributed by atoms with Crippen LogP contribution in [0.2, 0.25) is 0 Å². The van der Waals surface area contributed by atoms with Crippen molar-refractivity contribution in [2.45, 2.75) is 24.3 Å². The van der Waals surface area contributed by atoms with E-state index in [0.29, 0.717) is 17.9 Å². The number of carboxylic acid groups (broad SMARTS) is 1. The maximum Gasteiger partial charge on any atom is 0.316 e. The molecule has 1 aromatic carbocycles. The van der Waals surface area contributed by atoms with Crippen LogP contribution >= 0.6 is 11.8 Å². The third kappa shape index (κ3) is 4.76. The molecule has 2 rings (SSSR count). The molecule has 26 heavy (non-hydrogen) atoms. The zero-order valence-corrected chi connectivity index (χ0v) is 14.9. The van der Waals surface area contributed by atoms with Crippen molar-refractivity contribution in [1.29, 1.82) is 0 Å². The Balaban J connectivity index is 2.17. The number of anilines is 2. The van der Waals surface area contributed by atoms with Crippen LogP contribution in [0, 0.1) is 0 Å². The molecule has 0 aliphatic rings. The van der Waals surface area contributed by atoms with Crippen LogP contribution in [-0.4, -0.2) is 38.8 Å². The van der Waals surface area contributed by atoms with Crippen LogP contribution in [0.25, 0.3) is 0 Å². The first-order chi connectivity index (χ1) is 12.3. The van der Waals surface area contributed by atoms with E-state index in [1.165, 1.54) is 6.92 Å². The Kier molecular flexibility index (Phi) is 6.23. The number of carboxylic acids is 1. The molecule has 0 saturated heterocycles. The molecule has 1 amide bonds. The Morgan fingerprint density at radius 2 is 2.04 bits per heavy atom. The molecular weight excluding hydrogens is 360 g/mol. The van der Waals surface area contributed by atoms with Crippen LogP contribution in [0.15, 0.2) is 34.2 Å². The van der Waals surface area contributed by atoms with Gasteiger partial charge in [-0.2, -0.15) is 0 Å². The number of aromatic amines is 1. The van der Waals surface area contributed by atoms with Gasteiger partial charge >= 0.3 is 5.97 Å². The second-order valence-corrected chi connectivity index (χ2v) is 6.47. The Morgan fingerprint density at radius 1 is 1.38 bits per heavy atom. The number of amides is 1. The summed E-state index contributed by atoms with van der Waals surface area (Å²) in [6.07, 6.45) is 0. The van der Waals surface area contributed by atoms with Crippen molar-refractivity contribution < 1.29 is 19.4 Å².